The van der Waals surface area contributed by atoms with Crippen LogP contribution in [0.4, 0.5) is 0 Å². The number of carbonyl (C=O) groups excluding carboxylic acids is 1. The molecule has 1 aliphatic rings. The molecule has 1 saturated carbocycles. The van der Waals surface area contributed by atoms with Gasteiger partial charge in [-0.05, 0) is 54.5 Å². The fourth-order valence-corrected chi connectivity index (χ4v) is 2.81. The predicted octanol–water partition coefficient (Wildman–Crippen LogP) is 3.56. The van der Waals surface area contributed by atoms with E-state index in [1.807, 2.05) is 5.38 Å². The molecule has 0 bridgehead atoms. The SMILES string of the molecule is O=C(CCc1ccsc1)OC1CCCCC1. The molecule has 0 aliphatic heterocycles. The molecule has 88 valence electrons. The van der Waals surface area contributed by atoms with E-state index in [9.17, 15) is 4.79 Å². The summed E-state index contributed by atoms with van der Waals surface area (Å²) in [5, 5.41) is 4.13. The van der Waals surface area contributed by atoms with Gasteiger partial charge in [0.15, 0.2) is 0 Å². The van der Waals surface area contributed by atoms with Crippen LogP contribution in [0, 0.1) is 0 Å². The third kappa shape index (κ3) is 3.63. The van der Waals surface area contributed by atoms with Crippen molar-refractivity contribution in [3.63, 3.8) is 0 Å². The van der Waals surface area contributed by atoms with Crippen molar-refractivity contribution in [2.45, 2.75) is 51.0 Å². The van der Waals surface area contributed by atoms with Crippen molar-refractivity contribution >= 4 is 17.3 Å². The lowest BCUT2D eigenvalue weighted by Crippen LogP contribution is -2.21. The van der Waals surface area contributed by atoms with Gasteiger partial charge in [-0.2, -0.15) is 11.3 Å². The highest BCUT2D eigenvalue weighted by atomic mass is 32.1. The van der Waals surface area contributed by atoms with E-state index in [0.29, 0.717) is 6.42 Å². The minimum Gasteiger partial charge on any atom is -0.462 e. The van der Waals surface area contributed by atoms with E-state index >= 15 is 0 Å². The maximum Gasteiger partial charge on any atom is 0.306 e. The van der Waals surface area contributed by atoms with E-state index in [-0.39, 0.29) is 12.1 Å². The highest BCUT2D eigenvalue weighted by Gasteiger charge is 2.17. The van der Waals surface area contributed by atoms with E-state index in [1.54, 1.807) is 11.3 Å². The van der Waals surface area contributed by atoms with Crippen LogP contribution in [-0.2, 0) is 16.0 Å². The van der Waals surface area contributed by atoms with Crippen molar-refractivity contribution < 1.29 is 9.53 Å². The minimum atomic E-state index is -0.0295. The van der Waals surface area contributed by atoms with Crippen LogP contribution < -0.4 is 0 Å². The number of thiophene rings is 1. The summed E-state index contributed by atoms with van der Waals surface area (Å²) < 4.78 is 5.45. The maximum absolute atomic E-state index is 11.6. The van der Waals surface area contributed by atoms with Gasteiger partial charge in [-0.25, -0.2) is 0 Å². The zero-order chi connectivity index (χ0) is 11.2. The van der Waals surface area contributed by atoms with E-state index in [0.717, 1.165) is 19.3 Å². The molecule has 1 aliphatic carbocycles. The molecule has 1 aromatic heterocycles. The average molecular weight is 238 g/mol. The second-order valence-corrected chi connectivity index (χ2v) is 5.16. The van der Waals surface area contributed by atoms with Gasteiger partial charge in [-0.15, -0.1) is 0 Å². The molecule has 0 aromatic carbocycles. The van der Waals surface area contributed by atoms with Crippen LogP contribution in [0.1, 0.15) is 44.1 Å². The standard InChI is InChI=1S/C13H18O2S/c14-13(7-6-11-8-9-16-10-11)15-12-4-2-1-3-5-12/h8-10,12H,1-7H2. The normalized spacial score (nSPS) is 17.2. The molecule has 0 unspecified atom stereocenters. The van der Waals surface area contributed by atoms with Crippen molar-refractivity contribution in [2.24, 2.45) is 0 Å². The summed E-state index contributed by atoms with van der Waals surface area (Å²) in [6.45, 7) is 0. The van der Waals surface area contributed by atoms with Gasteiger partial charge >= 0.3 is 5.97 Å². The Morgan fingerprint density at radius 2 is 2.19 bits per heavy atom. The zero-order valence-electron chi connectivity index (χ0n) is 9.48. The van der Waals surface area contributed by atoms with Gasteiger partial charge in [-0.3, -0.25) is 4.79 Å². The van der Waals surface area contributed by atoms with Crippen LogP contribution in [0.25, 0.3) is 0 Å². The largest absolute Gasteiger partial charge is 0.462 e. The van der Waals surface area contributed by atoms with Crippen molar-refractivity contribution in [1.82, 2.24) is 0 Å². The first-order valence-corrected chi connectivity index (χ1v) is 6.99. The Morgan fingerprint density at radius 1 is 1.38 bits per heavy atom. The second kappa shape index (κ2) is 6.04. The Bertz CT molecular complexity index is 313. The third-order valence-electron chi connectivity index (χ3n) is 3.05. The van der Waals surface area contributed by atoms with E-state index < -0.39 is 0 Å². The number of esters is 1. The number of hydrogen-bond donors (Lipinski definition) is 0. The first-order chi connectivity index (χ1) is 7.84. The van der Waals surface area contributed by atoms with Gasteiger partial charge in [0.2, 0.25) is 0 Å². The molecule has 1 heterocycles. The molecule has 2 rings (SSSR count). The number of rotatable bonds is 4. The van der Waals surface area contributed by atoms with Gasteiger partial charge in [0.25, 0.3) is 0 Å². The Morgan fingerprint density at radius 3 is 2.88 bits per heavy atom. The lowest BCUT2D eigenvalue weighted by atomic mass is 9.98. The van der Waals surface area contributed by atoms with Gasteiger partial charge in [-0.1, -0.05) is 6.42 Å². The Kier molecular flexibility index (Phi) is 4.40. The summed E-state index contributed by atoms with van der Waals surface area (Å²) in [7, 11) is 0. The summed E-state index contributed by atoms with van der Waals surface area (Å²) >= 11 is 1.67. The average Bonchev–Trinajstić information content (AvgIpc) is 2.81. The van der Waals surface area contributed by atoms with Gasteiger partial charge in [0.1, 0.15) is 6.10 Å². The first-order valence-electron chi connectivity index (χ1n) is 6.05. The highest BCUT2D eigenvalue weighted by Crippen LogP contribution is 2.21. The molecule has 1 aromatic rings. The van der Waals surface area contributed by atoms with E-state index in [2.05, 4.69) is 11.4 Å². The van der Waals surface area contributed by atoms with Gasteiger partial charge in [0, 0.05) is 6.42 Å². The fourth-order valence-electron chi connectivity index (χ4n) is 2.11. The molecular weight excluding hydrogens is 220 g/mol. The Labute approximate surface area is 101 Å². The van der Waals surface area contributed by atoms with Crippen LogP contribution in [0.5, 0.6) is 0 Å². The molecule has 16 heavy (non-hydrogen) atoms. The van der Waals surface area contributed by atoms with Crippen LogP contribution in [0.3, 0.4) is 0 Å². The predicted molar refractivity (Wildman–Crippen MR) is 65.6 cm³/mol. The van der Waals surface area contributed by atoms with Crippen molar-refractivity contribution in [3.8, 4) is 0 Å². The molecule has 0 radical (unpaired) electrons. The molecule has 0 N–H and O–H groups in total. The van der Waals surface area contributed by atoms with Crippen molar-refractivity contribution in [2.75, 3.05) is 0 Å². The maximum atomic E-state index is 11.6. The molecule has 0 atom stereocenters. The molecule has 1 fully saturated rings. The summed E-state index contributed by atoms with van der Waals surface area (Å²) in [4.78, 5) is 11.6. The van der Waals surface area contributed by atoms with Crippen molar-refractivity contribution in [3.05, 3.63) is 22.4 Å². The van der Waals surface area contributed by atoms with Crippen LogP contribution in [0.15, 0.2) is 16.8 Å². The Balaban J connectivity index is 1.67. The smallest absolute Gasteiger partial charge is 0.306 e. The summed E-state index contributed by atoms with van der Waals surface area (Å²) in [6.07, 6.45) is 7.37. The van der Waals surface area contributed by atoms with E-state index in [1.165, 1.54) is 24.8 Å². The van der Waals surface area contributed by atoms with Gasteiger partial charge < -0.3 is 4.74 Å². The molecule has 0 spiro atoms. The van der Waals surface area contributed by atoms with Crippen LogP contribution in [0.2, 0.25) is 0 Å². The monoisotopic (exact) mass is 238 g/mol. The fraction of sp³-hybridized carbons (Fsp3) is 0.615. The van der Waals surface area contributed by atoms with Crippen LogP contribution >= 0.6 is 11.3 Å². The molecule has 0 saturated heterocycles. The minimum absolute atomic E-state index is 0.0295. The number of carbonyl (C=O) groups is 1. The number of ether oxygens (including phenoxy) is 1. The Hall–Kier alpha value is -0.830. The number of aryl methyl sites for hydroxylation is 1. The van der Waals surface area contributed by atoms with Gasteiger partial charge in [0.05, 0.1) is 0 Å². The molecular formula is C13H18O2S. The second-order valence-electron chi connectivity index (χ2n) is 4.38. The molecule has 0 amide bonds. The van der Waals surface area contributed by atoms with Crippen molar-refractivity contribution in [1.29, 1.82) is 0 Å². The molecule has 3 heteroatoms. The first kappa shape index (κ1) is 11.6. The lowest BCUT2D eigenvalue weighted by Gasteiger charge is -2.21. The van der Waals surface area contributed by atoms with E-state index in [4.69, 9.17) is 4.74 Å². The number of hydrogen-bond acceptors (Lipinski definition) is 3. The zero-order valence-corrected chi connectivity index (χ0v) is 10.3. The summed E-state index contributed by atoms with van der Waals surface area (Å²) in [6, 6.07) is 2.07. The summed E-state index contributed by atoms with van der Waals surface area (Å²) in [5.41, 5.74) is 1.24. The highest BCUT2D eigenvalue weighted by molar-refractivity contribution is 7.07. The third-order valence-corrected chi connectivity index (χ3v) is 3.78. The van der Waals surface area contributed by atoms with Crippen LogP contribution in [-0.4, -0.2) is 12.1 Å². The summed E-state index contributed by atoms with van der Waals surface area (Å²) in [5.74, 6) is -0.0295. The lowest BCUT2D eigenvalue weighted by molar-refractivity contribution is -0.150. The topological polar surface area (TPSA) is 26.3 Å². The quantitative estimate of drug-likeness (QED) is 0.750. The molecule has 2 nitrogen and oxygen atoms in total.